The fraction of sp³-hybridized carbons (Fsp3) is 0.802. The zero-order valence-electron chi connectivity index (χ0n) is 64.0. The Bertz CT molecular complexity index is 2510. The van der Waals surface area contributed by atoms with Crippen LogP contribution in [0.4, 0.5) is 5.82 Å². The van der Waals surface area contributed by atoms with Gasteiger partial charge in [0.15, 0.2) is 11.5 Å². The molecule has 0 fully saturated rings. The Hall–Kier alpha value is -5.24. The van der Waals surface area contributed by atoms with Gasteiger partial charge in [-0.3, -0.25) is 28.5 Å². The van der Waals surface area contributed by atoms with Gasteiger partial charge in [-0.25, -0.2) is 4.79 Å². The maximum absolute atomic E-state index is 13.6. The Kier molecular flexibility index (Phi) is 55.5. The second kappa shape index (κ2) is 62.3. The van der Waals surface area contributed by atoms with Gasteiger partial charge in [0, 0.05) is 64.5 Å². The molecule has 0 saturated heterocycles. The fourth-order valence-corrected chi connectivity index (χ4v) is 12.7. The number of likely N-dealkylation sites (N-methyl/N-ethyl adjacent to an activating group) is 1. The van der Waals surface area contributed by atoms with Crippen molar-refractivity contribution in [2.24, 2.45) is 0 Å². The summed E-state index contributed by atoms with van der Waals surface area (Å²) in [5, 5.41) is 2.95. The van der Waals surface area contributed by atoms with Gasteiger partial charge in [-0.2, -0.15) is 9.97 Å². The van der Waals surface area contributed by atoms with Crippen LogP contribution >= 0.6 is 0 Å². The van der Waals surface area contributed by atoms with Gasteiger partial charge >= 0.3 is 29.6 Å². The molecule has 19 nitrogen and oxygen atoms in total. The number of anilines is 1. The summed E-state index contributed by atoms with van der Waals surface area (Å²) in [6.45, 7) is 17.1. The molecule has 0 aliphatic carbocycles. The van der Waals surface area contributed by atoms with E-state index in [-0.39, 0.29) is 60.9 Å². The molecule has 1 aromatic carbocycles. The molecule has 0 unspecified atom stereocenters. The number of imidazole rings is 1. The number of aldehydes is 1. The molecule has 2 aromatic heterocycles. The molecule has 0 saturated carbocycles. The number of fused-ring (bicyclic) bond motifs is 1. The minimum Gasteiger partial charge on any atom is -0.466 e. The number of esters is 3. The third-order valence-electron chi connectivity index (χ3n) is 19.2. The highest BCUT2D eigenvalue weighted by Crippen LogP contribution is 2.23. The molecule has 19 heteroatoms. The number of ether oxygens (including phenoxy) is 5. The molecule has 0 bridgehead atoms. The predicted molar refractivity (Wildman–Crippen MR) is 408 cm³/mol. The molecule has 572 valence electrons. The van der Waals surface area contributed by atoms with E-state index in [1.807, 2.05) is 0 Å². The zero-order chi connectivity index (χ0) is 72.0. The number of nitrogens with one attached hydrogen (secondary N) is 2. The van der Waals surface area contributed by atoms with Crippen LogP contribution in [-0.4, -0.2) is 164 Å². The van der Waals surface area contributed by atoms with Gasteiger partial charge in [-0.15, -0.1) is 0 Å². The van der Waals surface area contributed by atoms with Crippen LogP contribution in [0.15, 0.2) is 29.1 Å². The van der Waals surface area contributed by atoms with Crippen LogP contribution in [0, 0.1) is 0 Å². The first-order chi connectivity index (χ1) is 49.0. The summed E-state index contributed by atoms with van der Waals surface area (Å²) in [5.41, 5.74) is 1.50. The van der Waals surface area contributed by atoms with Gasteiger partial charge in [0.2, 0.25) is 5.91 Å². The third-order valence-corrected chi connectivity index (χ3v) is 19.2. The van der Waals surface area contributed by atoms with E-state index in [0.29, 0.717) is 63.2 Å². The summed E-state index contributed by atoms with van der Waals surface area (Å²) in [6.07, 6.45) is 50.4. The van der Waals surface area contributed by atoms with E-state index in [0.717, 1.165) is 193 Å². The lowest BCUT2D eigenvalue weighted by atomic mass is 10.1. The Morgan fingerprint density at radius 1 is 0.450 bits per heavy atom. The van der Waals surface area contributed by atoms with Crippen molar-refractivity contribution in [3.8, 4) is 6.01 Å². The van der Waals surface area contributed by atoms with Gasteiger partial charge in [0.05, 0.1) is 33.0 Å². The van der Waals surface area contributed by atoms with Gasteiger partial charge in [0.1, 0.15) is 18.4 Å². The van der Waals surface area contributed by atoms with Gasteiger partial charge < -0.3 is 48.7 Å². The Morgan fingerprint density at radius 3 is 1.22 bits per heavy atom. The van der Waals surface area contributed by atoms with E-state index in [1.54, 1.807) is 31.4 Å². The van der Waals surface area contributed by atoms with Crippen LogP contribution in [0.2, 0.25) is 0 Å². The van der Waals surface area contributed by atoms with Crippen molar-refractivity contribution in [3.05, 3.63) is 45.9 Å². The number of amides is 1. The monoisotopic (exact) mass is 1400 g/mol. The zero-order valence-corrected chi connectivity index (χ0v) is 64.0. The molecule has 2 N–H and O–H groups in total. The van der Waals surface area contributed by atoms with Crippen molar-refractivity contribution in [1.82, 2.24) is 34.2 Å². The number of hydrogen-bond donors (Lipinski definition) is 2. The Balaban J connectivity index is 1.54. The summed E-state index contributed by atoms with van der Waals surface area (Å²) >= 11 is 0. The predicted octanol–water partition coefficient (Wildman–Crippen LogP) is 18.1. The second-order valence-electron chi connectivity index (χ2n) is 28.3. The van der Waals surface area contributed by atoms with Crippen molar-refractivity contribution in [2.45, 2.75) is 323 Å². The number of aromatic nitrogens is 4. The number of hydrogen-bond acceptors (Lipinski definition) is 16. The standard InChI is InChI=1S/C81H142N8O11/c1-6-9-12-15-24-33-45-64-97-74(92)49-38-27-18-21-30-41-56-87(57-42-31-22-19-28-39-50-75(93)98-65-46-34-25-16-13-10-7-2)62-60-86(4)61-63-88(58-43-32-23-20-29-40-51-76(94)99-66-47-35-26-17-14-11-8-3)59-44-36-37-48-73(91)82-78-77-79(85-80(84-78)100-68-67-96-5)89(81(95)83-77)69-71-52-54-72(70-90)55-53-71/h52-55,70H,6-51,56-69H2,1-5H3,(H,83,95)(H,82,84,85,91). The van der Waals surface area contributed by atoms with Crippen molar-refractivity contribution in [3.63, 3.8) is 0 Å². The summed E-state index contributed by atoms with van der Waals surface area (Å²) < 4.78 is 29.1. The SMILES string of the molecule is CCCCCCCCCOC(=O)CCCCCCCCN(CCCCCCCCC(=O)OCCCCCCCCC)CCN(C)CCN(CCCCCCCCC(=O)OCCCCCCCCC)CCCCCC(=O)Nc1nc(OCCOC)nc2c1[nH]c(=O)n2Cc1ccc(C=O)cc1. The molecule has 0 spiro atoms. The van der Waals surface area contributed by atoms with Crippen LogP contribution < -0.4 is 15.7 Å². The lowest BCUT2D eigenvalue weighted by Gasteiger charge is -2.28. The largest absolute Gasteiger partial charge is 0.466 e. The number of methoxy groups -OCH3 is 1. The van der Waals surface area contributed by atoms with Crippen LogP contribution in [0.3, 0.4) is 0 Å². The number of rotatable bonds is 71. The van der Waals surface area contributed by atoms with Crippen molar-refractivity contribution < 1.29 is 47.7 Å². The third kappa shape index (κ3) is 47.1. The lowest BCUT2D eigenvalue weighted by molar-refractivity contribution is -0.144. The van der Waals surface area contributed by atoms with Crippen molar-refractivity contribution in [2.75, 3.05) is 105 Å². The van der Waals surface area contributed by atoms with E-state index >= 15 is 0 Å². The second-order valence-corrected chi connectivity index (χ2v) is 28.3. The highest BCUT2D eigenvalue weighted by molar-refractivity contribution is 5.97. The number of nitrogens with zero attached hydrogens (tertiary/aromatic N) is 6. The van der Waals surface area contributed by atoms with Gasteiger partial charge in [-0.05, 0) is 109 Å². The average molecular weight is 1400 g/mol. The Morgan fingerprint density at radius 2 is 0.820 bits per heavy atom. The molecular formula is C81H142N8O11. The molecule has 0 radical (unpaired) electrons. The highest BCUT2D eigenvalue weighted by atomic mass is 16.5. The number of carbonyl (C=O) groups excluding carboxylic acids is 5. The summed E-state index contributed by atoms with van der Waals surface area (Å²) in [6, 6.07) is 6.98. The van der Waals surface area contributed by atoms with Crippen molar-refractivity contribution in [1.29, 1.82) is 0 Å². The van der Waals surface area contributed by atoms with Crippen LogP contribution in [0.1, 0.15) is 332 Å². The summed E-state index contributed by atoms with van der Waals surface area (Å²) in [7, 11) is 3.83. The van der Waals surface area contributed by atoms with Crippen LogP contribution in [0.5, 0.6) is 6.01 Å². The summed E-state index contributed by atoms with van der Waals surface area (Å²) in [5.74, 6) is -0.181. The number of unbranched alkanes of at least 4 members (excludes halogenated alkanes) is 35. The molecule has 100 heavy (non-hydrogen) atoms. The van der Waals surface area contributed by atoms with E-state index < -0.39 is 5.69 Å². The first kappa shape index (κ1) is 89.0. The average Bonchev–Trinajstić information content (AvgIpc) is 1.62. The van der Waals surface area contributed by atoms with Gasteiger partial charge in [0.25, 0.3) is 0 Å². The Labute approximate surface area is 605 Å². The van der Waals surface area contributed by atoms with Crippen molar-refractivity contribution >= 4 is 47.1 Å². The van der Waals surface area contributed by atoms with Gasteiger partial charge in [-0.1, -0.05) is 244 Å². The van der Waals surface area contributed by atoms with E-state index in [1.165, 1.54) is 139 Å². The number of H-pyrrole nitrogens is 1. The van der Waals surface area contributed by atoms with Crippen LogP contribution in [0.25, 0.3) is 11.2 Å². The number of benzene rings is 1. The number of aromatic amines is 1. The smallest absolute Gasteiger partial charge is 0.328 e. The lowest BCUT2D eigenvalue weighted by Crippen LogP contribution is -2.39. The fourth-order valence-electron chi connectivity index (χ4n) is 12.7. The molecule has 1 amide bonds. The first-order valence-electron chi connectivity index (χ1n) is 40.6. The minimum atomic E-state index is -0.417. The topological polar surface area (TPSA) is 217 Å². The highest BCUT2D eigenvalue weighted by Gasteiger charge is 2.20. The quantitative estimate of drug-likeness (QED) is 0.0232. The molecule has 2 heterocycles. The normalized spacial score (nSPS) is 11.6. The van der Waals surface area contributed by atoms with E-state index in [9.17, 15) is 28.8 Å². The molecule has 0 aliphatic heterocycles. The molecule has 3 aromatic rings. The maximum atomic E-state index is 13.6. The van der Waals surface area contributed by atoms with E-state index in [4.69, 9.17) is 23.7 Å². The summed E-state index contributed by atoms with van der Waals surface area (Å²) in [4.78, 5) is 95.2. The first-order valence-corrected chi connectivity index (χ1v) is 40.6. The molecule has 0 aliphatic rings. The molecule has 3 rings (SSSR count). The number of carbonyl (C=O) groups is 5. The molecular weight excluding hydrogens is 1260 g/mol. The van der Waals surface area contributed by atoms with Crippen LogP contribution in [-0.2, 0) is 44.7 Å². The molecule has 0 atom stereocenters. The minimum absolute atomic E-state index is 0.0114. The maximum Gasteiger partial charge on any atom is 0.328 e. The van der Waals surface area contributed by atoms with E-state index in [2.05, 4.69) is 62.8 Å².